The van der Waals surface area contributed by atoms with Crippen molar-refractivity contribution in [1.82, 2.24) is 0 Å². The lowest BCUT2D eigenvalue weighted by atomic mass is 9.78. The molecule has 0 N–H and O–H groups in total. The van der Waals surface area contributed by atoms with Gasteiger partial charge in [0, 0.05) is 5.41 Å². The van der Waals surface area contributed by atoms with Gasteiger partial charge in [0.05, 0.1) is 0 Å². The van der Waals surface area contributed by atoms with Gasteiger partial charge >= 0.3 is 6.16 Å². The molecule has 0 aliphatic carbocycles. The van der Waals surface area contributed by atoms with Crippen molar-refractivity contribution in [2.75, 3.05) is 6.61 Å². The second-order valence-corrected chi connectivity index (χ2v) is 4.78. The fourth-order valence-electron chi connectivity index (χ4n) is 1.70. The van der Waals surface area contributed by atoms with Crippen LogP contribution in [0.3, 0.4) is 0 Å². The first-order valence-electron chi connectivity index (χ1n) is 5.31. The van der Waals surface area contributed by atoms with Crippen LogP contribution >= 0.6 is 0 Å². The van der Waals surface area contributed by atoms with Gasteiger partial charge in [0.15, 0.2) is 0 Å². The maximum Gasteiger partial charge on any atom is 0.508 e. The zero-order valence-corrected chi connectivity index (χ0v) is 9.50. The summed E-state index contributed by atoms with van der Waals surface area (Å²) in [5, 5.41) is 0. The minimum absolute atomic E-state index is 0.00810. The molecule has 14 heavy (non-hydrogen) atoms. The van der Waals surface area contributed by atoms with E-state index in [1.165, 1.54) is 0 Å². The van der Waals surface area contributed by atoms with Crippen molar-refractivity contribution in [1.29, 1.82) is 0 Å². The van der Waals surface area contributed by atoms with Gasteiger partial charge in [-0.25, -0.2) is 4.79 Å². The molecule has 1 rings (SSSR count). The molecule has 1 aliphatic heterocycles. The summed E-state index contributed by atoms with van der Waals surface area (Å²) in [5.41, 5.74) is -0.0157. The fourth-order valence-corrected chi connectivity index (χ4v) is 1.70. The van der Waals surface area contributed by atoms with Gasteiger partial charge in [0.2, 0.25) is 0 Å². The number of ether oxygens (including phenoxy) is 2. The quantitative estimate of drug-likeness (QED) is 0.657. The van der Waals surface area contributed by atoms with Crippen molar-refractivity contribution >= 4 is 6.16 Å². The lowest BCUT2D eigenvalue weighted by Crippen LogP contribution is -2.45. The predicted molar refractivity (Wildman–Crippen MR) is 54.1 cm³/mol. The van der Waals surface area contributed by atoms with Gasteiger partial charge in [-0.05, 0) is 18.8 Å². The van der Waals surface area contributed by atoms with Crippen molar-refractivity contribution in [3.63, 3.8) is 0 Å². The monoisotopic (exact) mass is 200 g/mol. The van der Waals surface area contributed by atoms with E-state index in [1.54, 1.807) is 0 Å². The Morgan fingerprint density at radius 3 is 2.71 bits per heavy atom. The van der Waals surface area contributed by atoms with Gasteiger partial charge in [-0.15, -0.1) is 0 Å². The molecule has 2 unspecified atom stereocenters. The maximum absolute atomic E-state index is 11.0. The predicted octanol–water partition coefficient (Wildman–Crippen LogP) is 2.98. The van der Waals surface area contributed by atoms with Crippen molar-refractivity contribution < 1.29 is 14.3 Å². The van der Waals surface area contributed by atoms with Crippen LogP contribution in [0.4, 0.5) is 4.79 Å². The minimum atomic E-state index is -0.512. The third kappa shape index (κ3) is 2.40. The molecule has 0 saturated carbocycles. The largest absolute Gasteiger partial charge is 0.508 e. The molecule has 1 aliphatic rings. The summed E-state index contributed by atoms with van der Waals surface area (Å²) < 4.78 is 10.2. The smallest absolute Gasteiger partial charge is 0.434 e. The van der Waals surface area contributed by atoms with Crippen molar-refractivity contribution in [2.24, 2.45) is 11.3 Å². The third-order valence-corrected chi connectivity index (χ3v) is 3.03. The first-order valence-corrected chi connectivity index (χ1v) is 5.31. The van der Waals surface area contributed by atoms with E-state index in [4.69, 9.17) is 9.47 Å². The first kappa shape index (κ1) is 11.3. The van der Waals surface area contributed by atoms with Gasteiger partial charge in [-0.2, -0.15) is 0 Å². The highest BCUT2D eigenvalue weighted by Crippen LogP contribution is 2.35. The average molecular weight is 200 g/mol. The molecule has 0 radical (unpaired) electrons. The van der Waals surface area contributed by atoms with Crippen LogP contribution in [0, 0.1) is 11.3 Å². The molecular weight excluding hydrogens is 180 g/mol. The summed E-state index contributed by atoms with van der Waals surface area (Å²) in [6, 6.07) is 0. The summed E-state index contributed by atoms with van der Waals surface area (Å²) >= 11 is 0. The molecule has 1 saturated heterocycles. The Kier molecular flexibility index (Phi) is 3.40. The first-order chi connectivity index (χ1) is 6.48. The highest BCUT2D eigenvalue weighted by molar-refractivity contribution is 5.61. The number of carbonyl (C=O) groups excluding carboxylic acids is 1. The second-order valence-electron chi connectivity index (χ2n) is 4.78. The standard InChI is InChI=1S/C11H20O3/c1-5-11(4)7-13-10(12)14-9(11)6-8(2)3/h8-9H,5-7H2,1-4H3. The van der Waals surface area contributed by atoms with Crippen LogP contribution in [-0.2, 0) is 9.47 Å². The zero-order chi connectivity index (χ0) is 10.8. The SMILES string of the molecule is CCC1(C)COC(=O)OC1CC(C)C. The second kappa shape index (κ2) is 4.20. The molecule has 3 nitrogen and oxygen atoms in total. The van der Waals surface area contributed by atoms with Gasteiger partial charge in [0.25, 0.3) is 0 Å². The fraction of sp³-hybridized carbons (Fsp3) is 0.909. The maximum atomic E-state index is 11.0. The molecule has 0 spiro atoms. The van der Waals surface area contributed by atoms with E-state index in [0.717, 1.165) is 12.8 Å². The normalized spacial score (nSPS) is 32.6. The molecule has 0 aromatic heterocycles. The lowest BCUT2D eigenvalue weighted by Gasteiger charge is -2.39. The summed E-state index contributed by atoms with van der Waals surface area (Å²) in [4.78, 5) is 11.0. The van der Waals surface area contributed by atoms with Crippen LogP contribution in [0.25, 0.3) is 0 Å². The number of hydrogen-bond donors (Lipinski definition) is 0. The van der Waals surface area contributed by atoms with E-state index in [0.29, 0.717) is 12.5 Å². The Morgan fingerprint density at radius 1 is 1.57 bits per heavy atom. The molecular formula is C11H20O3. The van der Waals surface area contributed by atoms with E-state index < -0.39 is 6.16 Å². The van der Waals surface area contributed by atoms with Gasteiger partial charge in [0.1, 0.15) is 12.7 Å². The molecule has 0 aromatic rings. The molecule has 3 heteroatoms. The number of cyclic esters (lactones) is 2. The molecule has 0 amide bonds. The number of rotatable bonds is 3. The van der Waals surface area contributed by atoms with E-state index in [1.807, 2.05) is 0 Å². The summed E-state index contributed by atoms with van der Waals surface area (Å²) in [7, 11) is 0. The van der Waals surface area contributed by atoms with Gasteiger partial charge < -0.3 is 9.47 Å². The van der Waals surface area contributed by atoms with Crippen LogP contribution in [0.2, 0.25) is 0 Å². The Morgan fingerprint density at radius 2 is 2.21 bits per heavy atom. The van der Waals surface area contributed by atoms with Gasteiger partial charge in [-0.3, -0.25) is 0 Å². The van der Waals surface area contributed by atoms with Crippen LogP contribution in [0.15, 0.2) is 0 Å². The topological polar surface area (TPSA) is 35.5 Å². The highest BCUT2D eigenvalue weighted by Gasteiger charge is 2.41. The van der Waals surface area contributed by atoms with Crippen molar-refractivity contribution in [2.45, 2.75) is 46.6 Å². The highest BCUT2D eigenvalue weighted by atomic mass is 16.7. The van der Waals surface area contributed by atoms with Crippen LogP contribution < -0.4 is 0 Å². The van der Waals surface area contributed by atoms with Crippen LogP contribution in [0.1, 0.15) is 40.5 Å². The van der Waals surface area contributed by atoms with E-state index in [-0.39, 0.29) is 11.5 Å². The Balaban J connectivity index is 2.68. The van der Waals surface area contributed by atoms with E-state index in [2.05, 4.69) is 27.7 Å². The molecule has 0 aromatic carbocycles. The summed E-state index contributed by atoms with van der Waals surface area (Å²) in [6.45, 7) is 8.99. The lowest BCUT2D eigenvalue weighted by molar-refractivity contribution is -0.110. The minimum Gasteiger partial charge on any atom is -0.434 e. The summed E-state index contributed by atoms with van der Waals surface area (Å²) in [6.07, 6.45) is 1.38. The van der Waals surface area contributed by atoms with Crippen LogP contribution in [0.5, 0.6) is 0 Å². The zero-order valence-electron chi connectivity index (χ0n) is 9.50. The molecule has 2 atom stereocenters. The van der Waals surface area contributed by atoms with Crippen molar-refractivity contribution in [3.8, 4) is 0 Å². The number of carbonyl (C=O) groups is 1. The molecule has 0 bridgehead atoms. The summed E-state index contributed by atoms with van der Waals surface area (Å²) in [5.74, 6) is 0.539. The molecule has 1 fully saturated rings. The van der Waals surface area contributed by atoms with Crippen LogP contribution in [-0.4, -0.2) is 18.9 Å². The average Bonchev–Trinajstić information content (AvgIpc) is 2.11. The van der Waals surface area contributed by atoms with Crippen molar-refractivity contribution in [3.05, 3.63) is 0 Å². The third-order valence-electron chi connectivity index (χ3n) is 3.03. The van der Waals surface area contributed by atoms with E-state index >= 15 is 0 Å². The Bertz CT molecular complexity index is 213. The van der Waals surface area contributed by atoms with E-state index in [9.17, 15) is 4.79 Å². The number of hydrogen-bond acceptors (Lipinski definition) is 3. The molecule has 82 valence electrons. The Labute approximate surface area is 85.8 Å². The van der Waals surface area contributed by atoms with Gasteiger partial charge in [-0.1, -0.05) is 27.7 Å². The molecule has 1 heterocycles. The Hall–Kier alpha value is -0.730.